The highest BCUT2D eigenvalue weighted by atomic mass is 15.1. The van der Waals surface area contributed by atoms with E-state index in [1.165, 1.54) is 5.69 Å². The predicted molar refractivity (Wildman–Crippen MR) is 56.8 cm³/mol. The van der Waals surface area contributed by atoms with Crippen LogP contribution in [0, 0.1) is 13.8 Å². The number of rotatable bonds is 2. The van der Waals surface area contributed by atoms with Crippen molar-refractivity contribution in [2.75, 3.05) is 5.32 Å². The summed E-state index contributed by atoms with van der Waals surface area (Å²) in [5, 5.41) is 3.25. The van der Waals surface area contributed by atoms with Gasteiger partial charge in [-0.25, -0.2) is 4.98 Å². The summed E-state index contributed by atoms with van der Waals surface area (Å²) in [5.74, 6) is 1.84. The lowest BCUT2D eigenvalue weighted by Gasteiger charge is -1.97. The van der Waals surface area contributed by atoms with Crippen LogP contribution in [0.3, 0.4) is 0 Å². The van der Waals surface area contributed by atoms with E-state index in [0.717, 1.165) is 17.3 Å². The Labute approximate surface area is 83.0 Å². The van der Waals surface area contributed by atoms with Gasteiger partial charge in [0.1, 0.15) is 11.6 Å². The maximum Gasteiger partial charge on any atom is 0.127 e. The summed E-state index contributed by atoms with van der Waals surface area (Å²) in [6.07, 6.45) is 3.84. The molecule has 0 saturated carbocycles. The van der Waals surface area contributed by atoms with Gasteiger partial charge in [0.15, 0.2) is 0 Å². The molecule has 2 heterocycles. The van der Waals surface area contributed by atoms with Gasteiger partial charge in [-0.15, -0.1) is 0 Å². The Morgan fingerprint density at radius 3 is 2.71 bits per heavy atom. The number of H-pyrrole nitrogens is 1. The number of hydrogen-bond donors (Lipinski definition) is 2. The van der Waals surface area contributed by atoms with Crippen molar-refractivity contribution in [2.24, 2.45) is 7.05 Å². The van der Waals surface area contributed by atoms with Gasteiger partial charge in [0.05, 0.1) is 11.9 Å². The lowest BCUT2D eigenvalue weighted by molar-refractivity contribution is 0.883. The SMILES string of the molecule is Cc1ncc(Nc2cc(C)n(C)c2)[nH]1. The molecule has 0 saturated heterocycles. The summed E-state index contributed by atoms with van der Waals surface area (Å²) in [7, 11) is 2.03. The fraction of sp³-hybridized carbons (Fsp3) is 0.300. The molecular weight excluding hydrogens is 176 g/mol. The Hall–Kier alpha value is -1.71. The Kier molecular flexibility index (Phi) is 2.04. The van der Waals surface area contributed by atoms with Crippen molar-refractivity contribution in [2.45, 2.75) is 13.8 Å². The Morgan fingerprint density at radius 2 is 2.21 bits per heavy atom. The molecule has 0 aromatic carbocycles. The third-order valence-electron chi connectivity index (χ3n) is 2.24. The number of nitrogens with one attached hydrogen (secondary N) is 2. The van der Waals surface area contributed by atoms with Crippen LogP contribution in [0.4, 0.5) is 11.5 Å². The molecular formula is C10H14N4. The van der Waals surface area contributed by atoms with Crippen LogP contribution in [-0.2, 0) is 7.05 Å². The van der Waals surface area contributed by atoms with Crippen LogP contribution in [0.25, 0.3) is 0 Å². The van der Waals surface area contributed by atoms with Crippen molar-refractivity contribution in [1.82, 2.24) is 14.5 Å². The molecule has 14 heavy (non-hydrogen) atoms. The van der Waals surface area contributed by atoms with Gasteiger partial charge >= 0.3 is 0 Å². The summed E-state index contributed by atoms with van der Waals surface area (Å²) in [6.45, 7) is 4.00. The minimum atomic E-state index is 0.917. The van der Waals surface area contributed by atoms with E-state index in [1.807, 2.05) is 20.2 Å². The summed E-state index contributed by atoms with van der Waals surface area (Å²) in [4.78, 5) is 7.24. The summed E-state index contributed by atoms with van der Waals surface area (Å²) in [5.41, 5.74) is 2.30. The second kappa shape index (κ2) is 3.21. The summed E-state index contributed by atoms with van der Waals surface area (Å²) in [6, 6.07) is 2.09. The number of aromatic nitrogens is 3. The average Bonchev–Trinajstić information content (AvgIpc) is 2.62. The first-order valence-corrected chi connectivity index (χ1v) is 4.57. The lowest BCUT2D eigenvalue weighted by atomic mass is 10.4. The lowest BCUT2D eigenvalue weighted by Crippen LogP contribution is -1.88. The van der Waals surface area contributed by atoms with Crippen LogP contribution in [0.1, 0.15) is 11.5 Å². The minimum Gasteiger partial charge on any atom is -0.353 e. The molecule has 0 unspecified atom stereocenters. The van der Waals surface area contributed by atoms with Gasteiger partial charge in [-0.05, 0) is 19.9 Å². The molecule has 0 bridgehead atoms. The van der Waals surface area contributed by atoms with E-state index in [2.05, 4.69) is 32.8 Å². The molecule has 4 nitrogen and oxygen atoms in total. The molecule has 2 N–H and O–H groups in total. The average molecular weight is 190 g/mol. The van der Waals surface area contributed by atoms with E-state index in [4.69, 9.17) is 0 Å². The van der Waals surface area contributed by atoms with Gasteiger partial charge in [0, 0.05) is 18.9 Å². The van der Waals surface area contributed by atoms with Crippen molar-refractivity contribution in [3.05, 3.63) is 30.0 Å². The molecule has 0 fully saturated rings. The van der Waals surface area contributed by atoms with Gasteiger partial charge in [0.2, 0.25) is 0 Å². The molecule has 0 aliphatic heterocycles. The van der Waals surface area contributed by atoms with Gasteiger partial charge in [-0.3, -0.25) is 0 Å². The molecule has 0 atom stereocenters. The minimum absolute atomic E-state index is 0.917. The smallest absolute Gasteiger partial charge is 0.127 e. The second-order valence-corrected chi connectivity index (χ2v) is 3.49. The monoisotopic (exact) mass is 190 g/mol. The third-order valence-corrected chi connectivity index (χ3v) is 2.24. The number of imidazole rings is 1. The van der Waals surface area contributed by atoms with Gasteiger partial charge in [0.25, 0.3) is 0 Å². The Bertz CT molecular complexity index is 419. The summed E-state index contributed by atoms with van der Waals surface area (Å²) < 4.78 is 2.07. The van der Waals surface area contributed by atoms with Gasteiger partial charge in [-0.1, -0.05) is 0 Å². The zero-order chi connectivity index (χ0) is 10.1. The molecule has 4 heteroatoms. The maximum atomic E-state index is 4.12. The number of nitrogens with zero attached hydrogens (tertiary/aromatic N) is 2. The quantitative estimate of drug-likeness (QED) is 0.761. The molecule has 0 radical (unpaired) electrons. The first-order chi connectivity index (χ1) is 6.65. The number of aryl methyl sites for hydroxylation is 3. The fourth-order valence-electron chi connectivity index (χ4n) is 1.38. The van der Waals surface area contributed by atoms with E-state index in [1.54, 1.807) is 6.20 Å². The van der Waals surface area contributed by atoms with Crippen LogP contribution in [0.5, 0.6) is 0 Å². The van der Waals surface area contributed by atoms with Gasteiger partial charge in [-0.2, -0.15) is 0 Å². The van der Waals surface area contributed by atoms with E-state index < -0.39 is 0 Å². The van der Waals surface area contributed by atoms with Gasteiger partial charge < -0.3 is 14.9 Å². The van der Waals surface area contributed by atoms with Crippen molar-refractivity contribution in [3.63, 3.8) is 0 Å². The Balaban J connectivity index is 2.18. The van der Waals surface area contributed by atoms with Crippen LogP contribution in [0.2, 0.25) is 0 Å². The van der Waals surface area contributed by atoms with E-state index >= 15 is 0 Å². The molecule has 74 valence electrons. The normalized spacial score (nSPS) is 10.5. The number of hydrogen-bond acceptors (Lipinski definition) is 2. The number of anilines is 2. The third kappa shape index (κ3) is 1.64. The van der Waals surface area contributed by atoms with Crippen LogP contribution >= 0.6 is 0 Å². The molecule has 0 aliphatic rings. The van der Waals surface area contributed by atoms with Crippen molar-refractivity contribution in [1.29, 1.82) is 0 Å². The molecule has 2 aromatic heterocycles. The zero-order valence-electron chi connectivity index (χ0n) is 8.63. The summed E-state index contributed by atoms with van der Waals surface area (Å²) >= 11 is 0. The highest BCUT2D eigenvalue weighted by Crippen LogP contribution is 2.16. The van der Waals surface area contributed by atoms with Crippen LogP contribution in [0.15, 0.2) is 18.5 Å². The first kappa shape index (κ1) is 8.87. The molecule has 0 spiro atoms. The van der Waals surface area contributed by atoms with E-state index in [-0.39, 0.29) is 0 Å². The van der Waals surface area contributed by atoms with E-state index in [9.17, 15) is 0 Å². The molecule has 2 rings (SSSR count). The second-order valence-electron chi connectivity index (χ2n) is 3.49. The van der Waals surface area contributed by atoms with Crippen LogP contribution < -0.4 is 5.32 Å². The largest absolute Gasteiger partial charge is 0.353 e. The fourth-order valence-corrected chi connectivity index (χ4v) is 1.38. The predicted octanol–water partition coefficient (Wildman–Crippen LogP) is 2.11. The first-order valence-electron chi connectivity index (χ1n) is 4.57. The van der Waals surface area contributed by atoms with E-state index in [0.29, 0.717) is 0 Å². The zero-order valence-corrected chi connectivity index (χ0v) is 8.63. The highest BCUT2D eigenvalue weighted by molar-refractivity contribution is 5.55. The van der Waals surface area contributed by atoms with Crippen molar-refractivity contribution >= 4 is 11.5 Å². The van der Waals surface area contributed by atoms with Crippen LogP contribution in [-0.4, -0.2) is 14.5 Å². The topological polar surface area (TPSA) is 45.6 Å². The Morgan fingerprint density at radius 1 is 1.43 bits per heavy atom. The standard InChI is InChI=1S/C10H14N4/c1-7-4-9(6-14(7)3)13-10-5-11-8(2)12-10/h4-6,13H,1-3H3,(H,11,12). The van der Waals surface area contributed by atoms with Crippen molar-refractivity contribution < 1.29 is 0 Å². The molecule has 0 amide bonds. The maximum absolute atomic E-state index is 4.12. The molecule has 0 aliphatic carbocycles. The van der Waals surface area contributed by atoms with Crippen molar-refractivity contribution in [3.8, 4) is 0 Å². The number of aromatic amines is 1. The molecule has 2 aromatic rings. The highest BCUT2D eigenvalue weighted by Gasteiger charge is 2.00.